The summed E-state index contributed by atoms with van der Waals surface area (Å²) in [7, 11) is 1.60. The van der Waals surface area contributed by atoms with E-state index < -0.39 is 0 Å². The van der Waals surface area contributed by atoms with Crippen LogP contribution in [0.1, 0.15) is 53.6 Å². The Morgan fingerprint density at radius 1 is 1.25 bits per heavy atom. The maximum atomic E-state index is 11.9. The molecule has 2 heterocycles. The molecule has 0 unspecified atom stereocenters. The first-order chi connectivity index (χ1) is 13.6. The van der Waals surface area contributed by atoms with E-state index in [2.05, 4.69) is 16.4 Å². The molecule has 6 heteroatoms. The van der Waals surface area contributed by atoms with Crippen LogP contribution in [0.15, 0.2) is 35.4 Å². The fraction of sp³-hybridized carbons (Fsp3) is 0.455. The van der Waals surface area contributed by atoms with Crippen LogP contribution >= 0.6 is 11.8 Å². The summed E-state index contributed by atoms with van der Waals surface area (Å²) in [4.78, 5) is 17.4. The third kappa shape index (κ3) is 5.49. The lowest BCUT2D eigenvalue weighted by Crippen LogP contribution is -2.22. The third-order valence-corrected chi connectivity index (χ3v) is 6.09. The van der Waals surface area contributed by atoms with Crippen LogP contribution in [0.25, 0.3) is 0 Å². The van der Waals surface area contributed by atoms with Crippen molar-refractivity contribution in [2.45, 2.75) is 56.4 Å². The molecular formula is C22H29N3O2S. The Kier molecular flexibility index (Phi) is 7.34. The van der Waals surface area contributed by atoms with Crippen molar-refractivity contribution < 1.29 is 9.53 Å². The quantitative estimate of drug-likeness (QED) is 0.796. The smallest absolute Gasteiger partial charge is 0.256 e. The highest BCUT2D eigenvalue weighted by molar-refractivity contribution is 7.99. The molecule has 0 bridgehead atoms. The fourth-order valence-corrected chi connectivity index (χ4v) is 4.49. The second kappa shape index (κ2) is 9.94. The molecule has 1 saturated carbocycles. The Morgan fingerprint density at radius 2 is 2.04 bits per heavy atom. The molecule has 28 heavy (non-hydrogen) atoms. The van der Waals surface area contributed by atoms with E-state index in [1.165, 1.54) is 42.6 Å². The normalized spacial score (nSPS) is 16.0. The summed E-state index contributed by atoms with van der Waals surface area (Å²) >= 11 is 1.83. The third-order valence-electron chi connectivity index (χ3n) is 4.99. The molecule has 2 aliphatic rings. The van der Waals surface area contributed by atoms with Crippen LogP contribution in [0.2, 0.25) is 0 Å². The molecule has 1 aromatic carbocycles. The first kappa shape index (κ1) is 20.7. The number of nitrogens with two attached hydrogens (primary N) is 1. The minimum absolute atomic E-state index is 0.197. The van der Waals surface area contributed by atoms with Crippen LogP contribution in [0.5, 0.6) is 11.6 Å². The number of hydrogen-bond acceptors (Lipinski definition) is 5. The molecule has 1 aromatic heterocycles. The lowest BCUT2D eigenvalue weighted by atomic mass is 9.97. The van der Waals surface area contributed by atoms with Crippen molar-refractivity contribution in [1.29, 1.82) is 0 Å². The fourth-order valence-electron chi connectivity index (χ4n) is 3.39. The van der Waals surface area contributed by atoms with Crippen LogP contribution < -0.4 is 15.8 Å². The average molecular weight is 400 g/mol. The maximum absolute atomic E-state index is 11.9. The van der Waals surface area contributed by atoms with Gasteiger partial charge in [-0.15, -0.1) is 11.8 Å². The van der Waals surface area contributed by atoms with Crippen molar-refractivity contribution in [3.63, 3.8) is 0 Å². The van der Waals surface area contributed by atoms with Crippen LogP contribution in [0.4, 0.5) is 0 Å². The number of ether oxygens (including phenoxy) is 1. The largest absolute Gasteiger partial charge is 0.438 e. The van der Waals surface area contributed by atoms with Crippen molar-refractivity contribution in [3.8, 4) is 11.6 Å². The lowest BCUT2D eigenvalue weighted by molar-refractivity contribution is 0.0960. The van der Waals surface area contributed by atoms with E-state index in [4.69, 9.17) is 10.5 Å². The molecule has 4 rings (SSSR count). The first-order valence-corrected chi connectivity index (χ1v) is 10.9. The van der Waals surface area contributed by atoms with Crippen molar-refractivity contribution in [2.24, 2.45) is 5.73 Å². The maximum Gasteiger partial charge on any atom is 0.256 e. The lowest BCUT2D eigenvalue weighted by Gasteiger charge is -2.15. The van der Waals surface area contributed by atoms with Gasteiger partial charge in [-0.25, -0.2) is 4.98 Å². The minimum Gasteiger partial charge on any atom is -0.438 e. The molecule has 3 N–H and O–H groups in total. The Hall–Kier alpha value is -2.05. The topological polar surface area (TPSA) is 77.2 Å². The number of nitrogens with one attached hydrogen (secondary N) is 1. The van der Waals surface area contributed by atoms with Gasteiger partial charge in [-0.05, 0) is 55.5 Å². The molecule has 1 aliphatic carbocycles. The number of hydrogen-bond donors (Lipinski definition) is 2. The van der Waals surface area contributed by atoms with Gasteiger partial charge < -0.3 is 15.8 Å². The zero-order valence-corrected chi connectivity index (χ0v) is 17.5. The van der Waals surface area contributed by atoms with Gasteiger partial charge in [0.25, 0.3) is 5.91 Å². The summed E-state index contributed by atoms with van der Waals surface area (Å²) in [5, 5.41) is 2.61. The van der Waals surface area contributed by atoms with Crippen molar-refractivity contribution >= 4 is 17.7 Å². The summed E-state index contributed by atoms with van der Waals surface area (Å²) in [6.07, 6.45) is 9.46. The molecule has 0 saturated heterocycles. The van der Waals surface area contributed by atoms with Crippen LogP contribution in [-0.4, -0.2) is 29.7 Å². The van der Waals surface area contributed by atoms with E-state index in [1.807, 2.05) is 30.8 Å². The monoisotopic (exact) mass is 399 g/mol. The Bertz CT molecular complexity index is 819. The zero-order valence-electron chi connectivity index (χ0n) is 16.7. The highest BCUT2D eigenvalue weighted by Gasteiger charge is 2.16. The summed E-state index contributed by atoms with van der Waals surface area (Å²) < 4.78 is 5.83. The molecule has 5 nitrogen and oxygen atoms in total. The van der Waals surface area contributed by atoms with Crippen LogP contribution in [0.3, 0.4) is 0 Å². The average Bonchev–Trinajstić information content (AvgIpc) is 3.18. The number of benzene rings is 1. The summed E-state index contributed by atoms with van der Waals surface area (Å²) in [5.41, 5.74) is 8.36. The van der Waals surface area contributed by atoms with E-state index in [0.29, 0.717) is 23.2 Å². The molecule has 1 amide bonds. The molecule has 150 valence electrons. The number of amides is 1. The van der Waals surface area contributed by atoms with Gasteiger partial charge in [0.2, 0.25) is 5.88 Å². The minimum atomic E-state index is -0.197. The number of rotatable bonds is 3. The zero-order chi connectivity index (χ0) is 19.9. The molecule has 0 spiro atoms. The number of pyridine rings is 1. The van der Waals surface area contributed by atoms with Crippen molar-refractivity contribution in [3.05, 3.63) is 47.2 Å². The van der Waals surface area contributed by atoms with Gasteiger partial charge in [-0.2, -0.15) is 0 Å². The number of carbonyl (C=O) groups is 1. The number of nitrogens with zero attached hydrogens (tertiary/aromatic N) is 1. The second-order valence-electron chi connectivity index (χ2n) is 7.31. The highest BCUT2D eigenvalue weighted by Crippen LogP contribution is 2.35. The summed E-state index contributed by atoms with van der Waals surface area (Å²) in [5.74, 6) is 1.97. The number of thioether (sulfide) groups is 1. The van der Waals surface area contributed by atoms with Gasteiger partial charge in [-0.3, -0.25) is 4.79 Å². The van der Waals surface area contributed by atoms with Gasteiger partial charge in [0.05, 0.1) is 0 Å². The van der Waals surface area contributed by atoms with Gasteiger partial charge in [0.1, 0.15) is 11.3 Å². The number of fused-ring (bicyclic) bond motifs is 1. The van der Waals surface area contributed by atoms with Gasteiger partial charge in [-0.1, -0.05) is 25.3 Å². The van der Waals surface area contributed by atoms with E-state index in [1.54, 1.807) is 19.3 Å². The van der Waals surface area contributed by atoms with E-state index >= 15 is 0 Å². The molecule has 1 fully saturated rings. The predicted octanol–water partition coefficient (Wildman–Crippen LogP) is 4.47. The number of carbonyl (C=O) groups excluding carboxylic acids is 1. The Labute approximate surface area is 171 Å². The number of aryl methyl sites for hydroxylation is 2. The van der Waals surface area contributed by atoms with Crippen molar-refractivity contribution in [1.82, 2.24) is 10.3 Å². The standard InChI is InChI=1S/C16H16N2O2S.C6H13N/c1-10-7-13(15(19)17-2)16(18-9-10)20-12-4-3-11-5-6-21-14(11)8-12;7-6-4-2-1-3-5-6/h3-4,7-9H,5-6H2,1-2H3,(H,17,19);6H,1-5,7H2. The van der Waals surface area contributed by atoms with E-state index in [9.17, 15) is 4.79 Å². The van der Waals surface area contributed by atoms with Crippen molar-refractivity contribution in [2.75, 3.05) is 12.8 Å². The number of aromatic nitrogens is 1. The molecule has 0 atom stereocenters. The van der Waals surface area contributed by atoms with Gasteiger partial charge in [0, 0.05) is 29.9 Å². The van der Waals surface area contributed by atoms with Crippen LogP contribution in [0, 0.1) is 6.92 Å². The summed E-state index contributed by atoms with van der Waals surface area (Å²) in [6.45, 7) is 1.90. The molecule has 2 aromatic rings. The van der Waals surface area contributed by atoms with E-state index in [0.717, 1.165) is 17.7 Å². The highest BCUT2D eigenvalue weighted by atomic mass is 32.2. The predicted molar refractivity (Wildman–Crippen MR) is 114 cm³/mol. The SMILES string of the molecule is CNC(=O)c1cc(C)cnc1Oc1ccc2c(c1)SCC2.NC1CCCCC1. The van der Waals surface area contributed by atoms with Crippen LogP contribution in [-0.2, 0) is 6.42 Å². The molecular weight excluding hydrogens is 370 g/mol. The van der Waals surface area contributed by atoms with E-state index in [-0.39, 0.29) is 5.91 Å². The summed E-state index contributed by atoms with van der Waals surface area (Å²) in [6, 6.07) is 8.35. The van der Waals surface area contributed by atoms with Gasteiger partial charge in [0.15, 0.2) is 0 Å². The Balaban J connectivity index is 0.000000271. The molecule has 1 aliphatic heterocycles. The van der Waals surface area contributed by atoms with Gasteiger partial charge >= 0.3 is 0 Å². The molecule has 0 radical (unpaired) electrons. The first-order valence-electron chi connectivity index (χ1n) is 9.94. The Morgan fingerprint density at radius 3 is 2.71 bits per heavy atom. The second-order valence-corrected chi connectivity index (χ2v) is 8.45.